The molecule has 0 saturated heterocycles. The van der Waals surface area contributed by atoms with Gasteiger partial charge in [-0.25, -0.2) is 9.37 Å². The first-order valence-corrected chi connectivity index (χ1v) is 11.5. The molecule has 2 N–H and O–H groups in total. The van der Waals surface area contributed by atoms with Gasteiger partial charge in [-0.05, 0) is 43.2 Å². The van der Waals surface area contributed by atoms with Crippen LogP contribution in [0.1, 0.15) is 5.56 Å². The van der Waals surface area contributed by atoms with Crippen LogP contribution in [-0.4, -0.2) is 54.1 Å². The SMILES string of the molecule is CN(C)Cc1cncc(-c2ncc3[nH]nc(-c4nc5c(-c6ccsc6)nccc5[nH]4)c3c2F)c1. The van der Waals surface area contributed by atoms with Crippen molar-refractivity contribution in [2.45, 2.75) is 6.54 Å². The van der Waals surface area contributed by atoms with Crippen LogP contribution in [0.4, 0.5) is 4.39 Å². The second-order valence-corrected chi connectivity index (χ2v) is 9.03. The van der Waals surface area contributed by atoms with Crippen molar-refractivity contribution in [1.29, 1.82) is 0 Å². The van der Waals surface area contributed by atoms with Crippen LogP contribution in [0.15, 0.2) is 53.7 Å². The van der Waals surface area contributed by atoms with Gasteiger partial charge in [-0.2, -0.15) is 16.4 Å². The van der Waals surface area contributed by atoms with E-state index in [9.17, 15) is 0 Å². The van der Waals surface area contributed by atoms with E-state index >= 15 is 4.39 Å². The summed E-state index contributed by atoms with van der Waals surface area (Å²) in [6.07, 6.45) is 6.72. The molecule has 6 rings (SSSR count). The Hall–Kier alpha value is -4.02. The molecule has 0 amide bonds. The number of hydrogen-bond acceptors (Lipinski definition) is 7. The molecular formula is C24H19FN8S. The van der Waals surface area contributed by atoms with Crippen molar-refractivity contribution < 1.29 is 4.39 Å². The molecule has 6 aromatic rings. The van der Waals surface area contributed by atoms with E-state index in [4.69, 9.17) is 4.98 Å². The summed E-state index contributed by atoms with van der Waals surface area (Å²) in [5.74, 6) is -0.0112. The first kappa shape index (κ1) is 20.6. The summed E-state index contributed by atoms with van der Waals surface area (Å²) in [6.45, 7) is 0.696. The van der Waals surface area contributed by atoms with Gasteiger partial charge in [0.15, 0.2) is 11.6 Å². The molecule has 6 heterocycles. The fourth-order valence-electron chi connectivity index (χ4n) is 4.07. The lowest BCUT2D eigenvalue weighted by Gasteiger charge is -2.10. The van der Waals surface area contributed by atoms with E-state index in [1.807, 2.05) is 48.0 Å². The number of nitrogens with zero attached hydrogens (tertiary/aromatic N) is 6. The second kappa shape index (κ2) is 8.08. The van der Waals surface area contributed by atoms with Crippen molar-refractivity contribution in [2.75, 3.05) is 14.1 Å². The van der Waals surface area contributed by atoms with Crippen LogP contribution < -0.4 is 0 Å². The molecule has 0 bridgehead atoms. The van der Waals surface area contributed by atoms with E-state index in [0.717, 1.165) is 22.3 Å². The summed E-state index contributed by atoms with van der Waals surface area (Å²) < 4.78 is 15.9. The Morgan fingerprint density at radius 3 is 2.74 bits per heavy atom. The molecule has 0 aromatic carbocycles. The Bertz CT molecular complexity index is 1630. The topological polar surface area (TPSA) is 99.3 Å². The van der Waals surface area contributed by atoms with Crippen LogP contribution in [0.2, 0.25) is 0 Å². The maximum Gasteiger partial charge on any atom is 0.161 e. The van der Waals surface area contributed by atoms with E-state index in [-0.39, 0.29) is 5.69 Å². The Kier molecular flexibility index (Phi) is 4.89. The highest BCUT2D eigenvalue weighted by molar-refractivity contribution is 7.08. The fraction of sp³-hybridized carbons (Fsp3) is 0.125. The van der Waals surface area contributed by atoms with Gasteiger partial charge in [-0.15, -0.1) is 0 Å². The zero-order valence-electron chi connectivity index (χ0n) is 18.4. The molecule has 0 spiro atoms. The molecule has 0 atom stereocenters. The number of pyridine rings is 3. The first-order chi connectivity index (χ1) is 16.6. The zero-order valence-corrected chi connectivity index (χ0v) is 19.2. The third-order valence-electron chi connectivity index (χ3n) is 5.53. The van der Waals surface area contributed by atoms with Crippen LogP contribution in [0.3, 0.4) is 0 Å². The molecule has 0 fully saturated rings. The van der Waals surface area contributed by atoms with Crippen molar-refractivity contribution in [3.8, 4) is 34.0 Å². The van der Waals surface area contributed by atoms with Crippen molar-refractivity contribution in [2.24, 2.45) is 0 Å². The van der Waals surface area contributed by atoms with E-state index in [1.165, 1.54) is 0 Å². The van der Waals surface area contributed by atoms with Crippen molar-refractivity contribution in [1.82, 2.24) is 40.0 Å². The molecule has 0 aliphatic heterocycles. The summed E-state index contributed by atoms with van der Waals surface area (Å²) >= 11 is 1.60. The minimum absolute atomic E-state index is 0.222. The van der Waals surface area contributed by atoms with Gasteiger partial charge >= 0.3 is 0 Å². The van der Waals surface area contributed by atoms with Gasteiger partial charge in [0.1, 0.15) is 16.9 Å². The number of halogens is 1. The van der Waals surface area contributed by atoms with Gasteiger partial charge in [0.25, 0.3) is 0 Å². The van der Waals surface area contributed by atoms with Gasteiger partial charge in [0, 0.05) is 41.6 Å². The number of rotatable bonds is 5. The Balaban J connectivity index is 1.50. The highest BCUT2D eigenvalue weighted by Gasteiger charge is 2.21. The van der Waals surface area contributed by atoms with Gasteiger partial charge in [-0.1, -0.05) is 0 Å². The van der Waals surface area contributed by atoms with Crippen molar-refractivity contribution >= 4 is 33.3 Å². The van der Waals surface area contributed by atoms with E-state index in [0.29, 0.717) is 40.0 Å². The minimum Gasteiger partial charge on any atom is -0.336 e. The number of thiophene rings is 1. The quantitative estimate of drug-likeness (QED) is 0.372. The lowest BCUT2D eigenvalue weighted by atomic mass is 10.1. The first-order valence-electron chi connectivity index (χ1n) is 10.6. The fourth-order valence-corrected chi connectivity index (χ4v) is 4.72. The largest absolute Gasteiger partial charge is 0.336 e. The normalized spacial score (nSPS) is 11.8. The number of fused-ring (bicyclic) bond motifs is 2. The van der Waals surface area contributed by atoms with E-state index in [2.05, 4.69) is 30.1 Å². The number of H-pyrrole nitrogens is 2. The third-order valence-corrected chi connectivity index (χ3v) is 6.21. The number of imidazole rings is 1. The maximum absolute atomic E-state index is 15.9. The van der Waals surface area contributed by atoms with Crippen LogP contribution in [-0.2, 0) is 6.54 Å². The number of aromatic nitrogens is 7. The predicted molar refractivity (Wildman–Crippen MR) is 131 cm³/mol. The van der Waals surface area contributed by atoms with Crippen LogP contribution in [0, 0.1) is 5.82 Å². The van der Waals surface area contributed by atoms with Crippen LogP contribution in [0.25, 0.3) is 56.0 Å². The van der Waals surface area contributed by atoms with Gasteiger partial charge in [-0.3, -0.25) is 20.1 Å². The summed E-state index contributed by atoms with van der Waals surface area (Å²) in [6, 6.07) is 5.76. The van der Waals surface area contributed by atoms with E-state index in [1.54, 1.807) is 36.1 Å². The van der Waals surface area contributed by atoms with Crippen LogP contribution in [0.5, 0.6) is 0 Å². The monoisotopic (exact) mass is 470 g/mol. The summed E-state index contributed by atoms with van der Waals surface area (Å²) in [7, 11) is 3.95. The van der Waals surface area contributed by atoms with Gasteiger partial charge in [0.2, 0.25) is 0 Å². The molecule has 0 unspecified atom stereocenters. The molecule has 0 saturated carbocycles. The highest BCUT2D eigenvalue weighted by atomic mass is 32.1. The van der Waals surface area contributed by atoms with Gasteiger partial charge in [0.05, 0.1) is 28.3 Å². The number of hydrogen-bond donors (Lipinski definition) is 2. The van der Waals surface area contributed by atoms with Crippen molar-refractivity contribution in [3.63, 3.8) is 0 Å². The number of nitrogens with one attached hydrogen (secondary N) is 2. The average molecular weight is 471 g/mol. The van der Waals surface area contributed by atoms with E-state index < -0.39 is 5.82 Å². The lowest BCUT2D eigenvalue weighted by Crippen LogP contribution is -2.10. The molecule has 34 heavy (non-hydrogen) atoms. The molecule has 8 nitrogen and oxygen atoms in total. The summed E-state index contributed by atoms with van der Waals surface area (Å²) in [5.41, 5.74) is 5.96. The maximum atomic E-state index is 15.9. The Labute approximate surface area is 197 Å². The summed E-state index contributed by atoms with van der Waals surface area (Å²) in [4.78, 5) is 23.2. The molecule has 0 radical (unpaired) electrons. The highest BCUT2D eigenvalue weighted by Crippen LogP contribution is 2.34. The van der Waals surface area contributed by atoms with Gasteiger partial charge < -0.3 is 9.88 Å². The lowest BCUT2D eigenvalue weighted by molar-refractivity contribution is 0.402. The van der Waals surface area contributed by atoms with Crippen LogP contribution >= 0.6 is 11.3 Å². The molecule has 10 heteroatoms. The zero-order chi connectivity index (χ0) is 23.2. The average Bonchev–Trinajstić information content (AvgIpc) is 3.57. The second-order valence-electron chi connectivity index (χ2n) is 8.25. The molecule has 0 aliphatic rings. The molecule has 6 aromatic heterocycles. The predicted octanol–water partition coefficient (Wildman–Crippen LogP) is 4.89. The Morgan fingerprint density at radius 2 is 1.91 bits per heavy atom. The minimum atomic E-state index is -0.471. The van der Waals surface area contributed by atoms with Crippen molar-refractivity contribution in [3.05, 3.63) is 65.1 Å². The Morgan fingerprint density at radius 1 is 1.00 bits per heavy atom. The standard InChI is InChI=1S/C24H19FN8S/c1-33(2)11-13-7-15(9-26-8-13)20-19(25)18-17(10-28-20)31-32-23(18)24-29-16-3-5-27-21(22(16)30-24)14-4-6-34-12-14/h3-10,12H,11H2,1-2H3,(H,29,30)(H,31,32). The number of aromatic amines is 2. The molecule has 0 aliphatic carbocycles. The third kappa shape index (κ3) is 3.44. The smallest absolute Gasteiger partial charge is 0.161 e. The molecular weight excluding hydrogens is 451 g/mol. The summed E-state index contributed by atoms with van der Waals surface area (Å²) in [5, 5.41) is 11.6. The molecule has 168 valence electrons.